The van der Waals surface area contributed by atoms with Gasteiger partial charge in [-0.2, -0.15) is 5.26 Å². The molecule has 4 rings (SSSR count). The van der Waals surface area contributed by atoms with E-state index < -0.39 is 5.92 Å². The van der Waals surface area contributed by atoms with Crippen LogP contribution in [0.4, 0.5) is 0 Å². The van der Waals surface area contributed by atoms with Crippen molar-refractivity contribution < 1.29 is 9.47 Å². The molecule has 1 aromatic heterocycles. The van der Waals surface area contributed by atoms with Crippen LogP contribution in [0.3, 0.4) is 0 Å². The van der Waals surface area contributed by atoms with Crippen LogP contribution < -0.4 is 15.2 Å². The Bertz CT molecular complexity index is 1150. The lowest BCUT2D eigenvalue weighted by atomic mass is 9.83. The van der Waals surface area contributed by atoms with Crippen LogP contribution in [-0.2, 0) is 6.61 Å². The van der Waals surface area contributed by atoms with E-state index >= 15 is 0 Å². The molecule has 1 atom stereocenters. The third-order valence-corrected chi connectivity index (χ3v) is 5.47. The van der Waals surface area contributed by atoms with Crippen molar-refractivity contribution in [2.45, 2.75) is 19.4 Å². The second-order valence-corrected chi connectivity index (χ2v) is 7.94. The van der Waals surface area contributed by atoms with Crippen molar-refractivity contribution in [2.24, 2.45) is 5.73 Å². The summed E-state index contributed by atoms with van der Waals surface area (Å²) in [6.45, 7) is 2.23. The SMILES string of the molecule is Cc1[nH]nc2c1[C@@H](c1cc(Br)ccc1OCc1ccc(Cl)cc1)C(C#N)=C(N)O2. The first kappa shape index (κ1) is 19.4. The lowest BCUT2D eigenvalue weighted by Gasteiger charge is -2.25. The molecule has 0 saturated carbocycles. The Labute approximate surface area is 181 Å². The Morgan fingerprint density at radius 2 is 2.07 bits per heavy atom. The molecular formula is C21H16BrClN4O2. The number of ether oxygens (including phenoxy) is 2. The maximum atomic E-state index is 9.78. The highest BCUT2D eigenvalue weighted by Gasteiger charge is 2.36. The molecule has 2 aromatic carbocycles. The number of nitriles is 1. The minimum absolute atomic E-state index is 0.0418. The summed E-state index contributed by atoms with van der Waals surface area (Å²) < 4.78 is 12.5. The van der Waals surface area contributed by atoms with Gasteiger partial charge in [-0.1, -0.05) is 39.7 Å². The number of aromatic amines is 1. The number of aromatic nitrogens is 2. The topological polar surface area (TPSA) is 97.0 Å². The number of hydrogen-bond donors (Lipinski definition) is 2. The number of rotatable bonds is 4. The summed E-state index contributed by atoms with van der Waals surface area (Å²) in [5.74, 6) is 0.593. The van der Waals surface area contributed by atoms with Gasteiger partial charge in [-0.3, -0.25) is 5.10 Å². The molecule has 0 fully saturated rings. The lowest BCUT2D eigenvalue weighted by molar-refractivity contribution is 0.301. The van der Waals surface area contributed by atoms with Crippen molar-refractivity contribution in [3.8, 4) is 17.7 Å². The monoisotopic (exact) mass is 470 g/mol. The van der Waals surface area contributed by atoms with E-state index in [2.05, 4.69) is 32.2 Å². The fourth-order valence-corrected chi connectivity index (χ4v) is 3.83. The molecule has 3 aromatic rings. The Morgan fingerprint density at radius 3 is 2.79 bits per heavy atom. The number of fused-ring (bicyclic) bond motifs is 1. The predicted molar refractivity (Wildman–Crippen MR) is 113 cm³/mol. The Kier molecular flexibility index (Phi) is 5.22. The number of nitrogens with one attached hydrogen (secondary N) is 1. The van der Waals surface area contributed by atoms with Crippen LogP contribution in [0, 0.1) is 18.3 Å². The van der Waals surface area contributed by atoms with Crippen molar-refractivity contribution in [1.29, 1.82) is 5.26 Å². The molecule has 0 aliphatic carbocycles. The number of allylic oxidation sites excluding steroid dienone is 1. The summed E-state index contributed by atoms with van der Waals surface area (Å²) in [7, 11) is 0. The average Bonchev–Trinajstić information content (AvgIpc) is 3.07. The van der Waals surface area contributed by atoms with Gasteiger partial charge < -0.3 is 15.2 Å². The largest absolute Gasteiger partial charge is 0.489 e. The number of nitrogens with two attached hydrogens (primary N) is 1. The van der Waals surface area contributed by atoms with Crippen LogP contribution in [-0.4, -0.2) is 10.2 Å². The van der Waals surface area contributed by atoms with Gasteiger partial charge >= 0.3 is 0 Å². The van der Waals surface area contributed by atoms with Gasteiger partial charge in [0.05, 0.1) is 5.92 Å². The van der Waals surface area contributed by atoms with Crippen LogP contribution in [0.1, 0.15) is 28.3 Å². The van der Waals surface area contributed by atoms with Gasteiger partial charge in [-0.25, -0.2) is 0 Å². The molecule has 1 aliphatic rings. The van der Waals surface area contributed by atoms with Crippen LogP contribution in [0.25, 0.3) is 0 Å². The smallest absolute Gasteiger partial charge is 0.244 e. The number of H-pyrrole nitrogens is 1. The Hall–Kier alpha value is -2.95. The summed E-state index contributed by atoms with van der Waals surface area (Å²) in [6, 6.07) is 15.3. The van der Waals surface area contributed by atoms with E-state index in [1.54, 1.807) is 0 Å². The summed E-state index contributed by atoms with van der Waals surface area (Å²) >= 11 is 9.47. The van der Waals surface area contributed by atoms with Gasteiger partial charge in [0.1, 0.15) is 24.0 Å². The molecule has 0 unspecified atom stereocenters. The molecule has 0 saturated heterocycles. The van der Waals surface area contributed by atoms with Crippen LogP contribution in [0.15, 0.2) is 58.4 Å². The van der Waals surface area contributed by atoms with Gasteiger partial charge in [-0.15, -0.1) is 5.10 Å². The van der Waals surface area contributed by atoms with E-state index in [1.165, 1.54) is 0 Å². The normalized spacial score (nSPS) is 15.4. The van der Waals surface area contributed by atoms with Gasteiger partial charge in [0.15, 0.2) is 0 Å². The fraction of sp³-hybridized carbons (Fsp3) is 0.143. The molecule has 0 radical (unpaired) electrons. The molecule has 6 nitrogen and oxygen atoms in total. The van der Waals surface area contributed by atoms with E-state index in [9.17, 15) is 5.26 Å². The Balaban J connectivity index is 1.78. The predicted octanol–water partition coefficient (Wildman–Crippen LogP) is 4.93. The first-order valence-electron chi connectivity index (χ1n) is 8.77. The molecule has 0 bridgehead atoms. The highest BCUT2D eigenvalue weighted by molar-refractivity contribution is 9.10. The average molecular weight is 472 g/mol. The molecular weight excluding hydrogens is 456 g/mol. The fourth-order valence-electron chi connectivity index (χ4n) is 3.33. The number of halogens is 2. The number of nitrogens with zero attached hydrogens (tertiary/aromatic N) is 2. The van der Waals surface area contributed by atoms with E-state index in [4.69, 9.17) is 26.8 Å². The molecule has 2 heterocycles. The Morgan fingerprint density at radius 1 is 1.31 bits per heavy atom. The quantitative estimate of drug-likeness (QED) is 0.562. The molecule has 1 aliphatic heterocycles. The number of benzene rings is 2. The number of hydrogen-bond acceptors (Lipinski definition) is 5. The third-order valence-electron chi connectivity index (χ3n) is 4.72. The van der Waals surface area contributed by atoms with Gasteiger partial charge in [0.25, 0.3) is 0 Å². The van der Waals surface area contributed by atoms with Crippen molar-refractivity contribution in [3.05, 3.63) is 85.8 Å². The van der Waals surface area contributed by atoms with Crippen LogP contribution in [0.5, 0.6) is 11.6 Å². The van der Waals surface area contributed by atoms with Gasteiger partial charge in [-0.05, 0) is 42.8 Å². The van der Waals surface area contributed by atoms with Crippen molar-refractivity contribution in [2.75, 3.05) is 0 Å². The molecule has 0 amide bonds. The van der Waals surface area contributed by atoms with Gasteiger partial charge in [0, 0.05) is 26.3 Å². The molecule has 29 heavy (non-hydrogen) atoms. The van der Waals surface area contributed by atoms with Gasteiger partial charge in [0.2, 0.25) is 11.8 Å². The second kappa shape index (κ2) is 7.82. The highest BCUT2D eigenvalue weighted by atomic mass is 79.9. The molecule has 146 valence electrons. The van der Waals surface area contributed by atoms with Crippen LogP contribution in [0.2, 0.25) is 5.02 Å². The van der Waals surface area contributed by atoms with E-state index in [0.717, 1.165) is 26.9 Å². The van der Waals surface area contributed by atoms with Crippen molar-refractivity contribution in [3.63, 3.8) is 0 Å². The summed E-state index contributed by atoms with van der Waals surface area (Å²) in [4.78, 5) is 0. The minimum atomic E-state index is -0.458. The lowest BCUT2D eigenvalue weighted by Crippen LogP contribution is -2.21. The maximum absolute atomic E-state index is 9.78. The van der Waals surface area contributed by atoms with E-state index in [-0.39, 0.29) is 5.88 Å². The van der Waals surface area contributed by atoms with Crippen molar-refractivity contribution >= 4 is 27.5 Å². The molecule has 3 N–H and O–H groups in total. The standard InChI is InChI=1S/C21H16BrClN4O2/c1-11-18-19(16(9-24)20(25)29-21(18)27-26-11)15-8-13(22)4-7-17(15)28-10-12-2-5-14(23)6-3-12/h2-8,19H,10,25H2,1H3,(H,26,27)/t19-/m0/s1. The third kappa shape index (κ3) is 3.69. The zero-order chi connectivity index (χ0) is 20.5. The summed E-state index contributed by atoms with van der Waals surface area (Å²) in [5.41, 5.74) is 9.68. The summed E-state index contributed by atoms with van der Waals surface area (Å²) in [5, 5.41) is 17.5. The number of aryl methyl sites for hydroxylation is 1. The second-order valence-electron chi connectivity index (χ2n) is 6.59. The van der Waals surface area contributed by atoms with Crippen molar-refractivity contribution in [1.82, 2.24) is 10.2 Å². The molecule has 8 heteroatoms. The molecule has 0 spiro atoms. The maximum Gasteiger partial charge on any atom is 0.244 e. The first-order chi connectivity index (χ1) is 14.0. The summed E-state index contributed by atoms with van der Waals surface area (Å²) in [6.07, 6.45) is 0. The first-order valence-corrected chi connectivity index (χ1v) is 9.94. The van der Waals surface area contributed by atoms with E-state index in [1.807, 2.05) is 49.4 Å². The van der Waals surface area contributed by atoms with Crippen LogP contribution >= 0.6 is 27.5 Å². The van der Waals surface area contributed by atoms with E-state index in [0.29, 0.717) is 28.8 Å². The highest BCUT2D eigenvalue weighted by Crippen LogP contribution is 2.46. The zero-order valence-electron chi connectivity index (χ0n) is 15.4. The zero-order valence-corrected chi connectivity index (χ0v) is 17.7. The minimum Gasteiger partial charge on any atom is -0.489 e.